The van der Waals surface area contributed by atoms with Crippen molar-refractivity contribution in [3.05, 3.63) is 65.0 Å². The minimum Gasteiger partial charge on any atom is -0.315 e. The van der Waals surface area contributed by atoms with E-state index in [2.05, 4.69) is 20.1 Å². The topological polar surface area (TPSA) is 101 Å². The van der Waals surface area contributed by atoms with Gasteiger partial charge in [0, 0.05) is 23.0 Å². The van der Waals surface area contributed by atoms with Crippen LogP contribution in [0.15, 0.2) is 43.0 Å². The van der Waals surface area contributed by atoms with Crippen LogP contribution in [0.2, 0.25) is 5.02 Å². The quantitative estimate of drug-likeness (QED) is 0.569. The largest absolute Gasteiger partial charge is 0.416 e. The third-order valence-electron chi connectivity index (χ3n) is 4.13. The molecule has 0 bridgehead atoms. The van der Waals surface area contributed by atoms with Gasteiger partial charge in [-0.1, -0.05) is 11.6 Å². The number of rotatable bonds is 5. The number of halogens is 4. The number of benzene rings is 1. The third-order valence-corrected chi connectivity index (χ3v) is 4.35. The summed E-state index contributed by atoms with van der Waals surface area (Å²) in [5.41, 5.74) is -1.37. The van der Waals surface area contributed by atoms with E-state index in [1.807, 2.05) is 6.07 Å². The van der Waals surface area contributed by atoms with Gasteiger partial charge in [-0.3, -0.25) is 4.79 Å². The standard InChI is InChI=1S/C18H13ClF3N7O/c1-11(15-26-10-27-29(15)17-24-4-2-5-25-17)28(6-3-23)16(30)12-7-13(18(20,21)22)9-14(19)8-12/h2,4-5,7-11H,6H2,1H3. The van der Waals surface area contributed by atoms with Crippen molar-refractivity contribution >= 4 is 17.5 Å². The Bertz CT molecular complexity index is 1100. The highest BCUT2D eigenvalue weighted by Crippen LogP contribution is 2.33. The molecule has 2 aromatic heterocycles. The summed E-state index contributed by atoms with van der Waals surface area (Å²) in [5, 5.41) is 13.0. The third kappa shape index (κ3) is 4.38. The van der Waals surface area contributed by atoms with E-state index in [9.17, 15) is 23.2 Å². The second-order valence-corrected chi connectivity index (χ2v) is 6.51. The second kappa shape index (κ2) is 8.46. The molecule has 0 aliphatic carbocycles. The number of nitrogens with zero attached hydrogens (tertiary/aromatic N) is 7. The Kier molecular flexibility index (Phi) is 5.98. The Morgan fingerprint density at radius 1 is 1.27 bits per heavy atom. The summed E-state index contributed by atoms with van der Waals surface area (Å²) in [6.45, 7) is 1.16. The van der Waals surface area contributed by atoms with Gasteiger partial charge in [-0.2, -0.15) is 28.2 Å². The maximum atomic E-state index is 13.1. The zero-order valence-corrected chi connectivity index (χ0v) is 16.1. The number of carbonyl (C=O) groups excluding carboxylic acids is 1. The summed E-state index contributed by atoms with van der Waals surface area (Å²) in [6.07, 6.45) is -0.489. The molecule has 0 aliphatic rings. The molecule has 0 spiro atoms. The molecule has 8 nitrogen and oxygen atoms in total. The average Bonchev–Trinajstić information content (AvgIpc) is 3.20. The molecule has 30 heavy (non-hydrogen) atoms. The molecule has 0 radical (unpaired) electrons. The highest BCUT2D eigenvalue weighted by molar-refractivity contribution is 6.31. The molecule has 0 saturated carbocycles. The SMILES string of the molecule is CC(c1ncnn1-c1ncccn1)N(CC#N)C(=O)c1cc(Cl)cc(C(F)(F)F)c1. The first-order valence-corrected chi connectivity index (χ1v) is 8.83. The lowest BCUT2D eigenvalue weighted by atomic mass is 10.1. The normalized spacial score (nSPS) is 12.3. The second-order valence-electron chi connectivity index (χ2n) is 6.07. The fourth-order valence-electron chi connectivity index (χ4n) is 2.73. The van der Waals surface area contributed by atoms with Crippen molar-refractivity contribution in [2.75, 3.05) is 6.54 Å². The predicted octanol–water partition coefficient (Wildman–Crippen LogP) is 3.46. The number of hydrogen-bond acceptors (Lipinski definition) is 6. The average molecular weight is 436 g/mol. The molecule has 1 unspecified atom stereocenters. The van der Waals surface area contributed by atoms with Crippen molar-refractivity contribution in [3.63, 3.8) is 0 Å². The maximum absolute atomic E-state index is 13.1. The van der Waals surface area contributed by atoms with Crippen LogP contribution in [0.5, 0.6) is 0 Å². The molecule has 1 atom stereocenters. The van der Waals surface area contributed by atoms with Crippen LogP contribution in [-0.2, 0) is 6.18 Å². The molecule has 3 rings (SSSR count). The van der Waals surface area contributed by atoms with Gasteiger partial charge in [0.2, 0.25) is 0 Å². The van der Waals surface area contributed by atoms with Gasteiger partial charge in [-0.15, -0.1) is 0 Å². The molecule has 1 aromatic carbocycles. The van der Waals surface area contributed by atoms with Gasteiger partial charge >= 0.3 is 6.18 Å². The molecule has 0 N–H and O–H groups in total. The molecule has 154 valence electrons. The van der Waals surface area contributed by atoms with E-state index in [0.717, 1.165) is 17.0 Å². The Morgan fingerprint density at radius 3 is 2.60 bits per heavy atom. The van der Waals surface area contributed by atoms with Crippen molar-refractivity contribution in [2.45, 2.75) is 19.1 Å². The first-order chi connectivity index (χ1) is 14.2. The van der Waals surface area contributed by atoms with Crippen molar-refractivity contribution in [3.8, 4) is 12.0 Å². The van der Waals surface area contributed by atoms with Crippen LogP contribution in [0.3, 0.4) is 0 Å². The van der Waals surface area contributed by atoms with Crippen molar-refractivity contribution < 1.29 is 18.0 Å². The van der Waals surface area contributed by atoms with Gasteiger partial charge in [0.1, 0.15) is 12.9 Å². The van der Waals surface area contributed by atoms with E-state index >= 15 is 0 Å². The van der Waals surface area contributed by atoms with E-state index in [-0.39, 0.29) is 22.4 Å². The number of carbonyl (C=O) groups is 1. The Balaban J connectivity index is 2.00. The number of amides is 1. The van der Waals surface area contributed by atoms with E-state index in [1.165, 1.54) is 23.4 Å². The van der Waals surface area contributed by atoms with Crippen LogP contribution >= 0.6 is 11.6 Å². The fraction of sp³-hybridized carbons (Fsp3) is 0.222. The first-order valence-electron chi connectivity index (χ1n) is 8.45. The zero-order valence-electron chi connectivity index (χ0n) is 15.4. The minimum atomic E-state index is -4.68. The van der Waals surface area contributed by atoms with Crippen LogP contribution in [0, 0.1) is 11.3 Å². The molecule has 2 heterocycles. The maximum Gasteiger partial charge on any atom is 0.416 e. The van der Waals surface area contributed by atoms with E-state index in [0.29, 0.717) is 6.07 Å². The number of aromatic nitrogens is 5. The lowest BCUT2D eigenvalue weighted by Gasteiger charge is -2.26. The van der Waals surface area contributed by atoms with E-state index in [4.69, 9.17) is 11.6 Å². The number of alkyl halides is 3. The Morgan fingerprint density at radius 2 is 1.97 bits per heavy atom. The predicted molar refractivity (Wildman–Crippen MR) is 98.5 cm³/mol. The van der Waals surface area contributed by atoms with Gasteiger partial charge in [-0.05, 0) is 31.2 Å². The minimum absolute atomic E-state index is 0.184. The van der Waals surface area contributed by atoms with Gasteiger partial charge in [0.15, 0.2) is 5.82 Å². The van der Waals surface area contributed by atoms with Crippen LogP contribution < -0.4 is 0 Å². The molecule has 3 aromatic rings. The van der Waals surface area contributed by atoms with Crippen LogP contribution in [0.25, 0.3) is 5.95 Å². The zero-order chi connectivity index (χ0) is 21.9. The van der Waals surface area contributed by atoms with Gasteiger partial charge in [0.05, 0.1) is 17.7 Å². The highest BCUT2D eigenvalue weighted by atomic mass is 35.5. The summed E-state index contributed by atoms with van der Waals surface area (Å²) in [4.78, 5) is 26.3. The molecular weight excluding hydrogens is 423 g/mol. The van der Waals surface area contributed by atoms with Crippen LogP contribution in [0.1, 0.15) is 34.7 Å². The summed E-state index contributed by atoms with van der Waals surface area (Å²) in [7, 11) is 0. The Hall–Kier alpha value is -3.52. The summed E-state index contributed by atoms with van der Waals surface area (Å²) in [5.74, 6) is -0.410. The highest BCUT2D eigenvalue weighted by Gasteiger charge is 2.33. The summed E-state index contributed by atoms with van der Waals surface area (Å²) < 4.78 is 40.6. The molecule has 1 amide bonds. The fourth-order valence-corrected chi connectivity index (χ4v) is 2.97. The molecule has 0 aliphatic heterocycles. The van der Waals surface area contributed by atoms with Crippen molar-refractivity contribution in [2.24, 2.45) is 0 Å². The van der Waals surface area contributed by atoms with Gasteiger partial charge in [-0.25, -0.2) is 15.0 Å². The first kappa shape index (κ1) is 21.2. The smallest absolute Gasteiger partial charge is 0.315 e. The monoisotopic (exact) mass is 435 g/mol. The van der Waals surface area contributed by atoms with Crippen LogP contribution in [0.4, 0.5) is 13.2 Å². The van der Waals surface area contributed by atoms with Crippen molar-refractivity contribution in [1.82, 2.24) is 29.6 Å². The van der Waals surface area contributed by atoms with Gasteiger partial charge in [0.25, 0.3) is 11.9 Å². The van der Waals surface area contributed by atoms with E-state index in [1.54, 1.807) is 13.0 Å². The van der Waals surface area contributed by atoms with E-state index < -0.39 is 30.2 Å². The lowest BCUT2D eigenvalue weighted by Crippen LogP contribution is -2.35. The van der Waals surface area contributed by atoms with Crippen molar-refractivity contribution in [1.29, 1.82) is 5.26 Å². The molecule has 12 heteroatoms. The summed E-state index contributed by atoms with van der Waals surface area (Å²) >= 11 is 5.79. The summed E-state index contributed by atoms with van der Waals surface area (Å²) in [6, 6.07) is 5.13. The number of nitriles is 1. The molecule has 0 saturated heterocycles. The van der Waals surface area contributed by atoms with Crippen LogP contribution in [-0.4, -0.2) is 42.1 Å². The molecular formula is C18H13ClF3N7O. The Labute approximate surface area is 173 Å². The van der Waals surface area contributed by atoms with Gasteiger partial charge < -0.3 is 4.90 Å². The lowest BCUT2D eigenvalue weighted by molar-refractivity contribution is -0.137. The number of hydrogen-bond donors (Lipinski definition) is 0. The molecule has 0 fully saturated rings.